The van der Waals surface area contributed by atoms with Crippen molar-refractivity contribution in [3.63, 3.8) is 0 Å². The van der Waals surface area contributed by atoms with Gasteiger partial charge in [-0.2, -0.15) is 5.26 Å². The topological polar surface area (TPSA) is 66.9 Å². The third kappa shape index (κ3) is 3.24. The number of hydrogen-bond donors (Lipinski definition) is 1. The fraction of sp³-hybridized carbons (Fsp3) is 0.0714. The minimum Gasteiger partial charge on any atom is -0.398 e. The van der Waals surface area contributed by atoms with Gasteiger partial charge < -0.3 is 5.73 Å². The summed E-state index contributed by atoms with van der Waals surface area (Å²) in [5.41, 5.74) is 6.94. The first-order chi connectivity index (χ1) is 9.51. The molecule has 0 spiro atoms. The van der Waals surface area contributed by atoms with Crippen LogP contribution < -0.4 is 5.73 Å². The van der Waals surface area contributed by atoms with Gasteiger partial charge in [0.2, 0.25) is 0 Å². The molecule has 0 bridgehead atoms. The smallest absolute Gasteiger partial charge is 0.123 e. The summed E-state index contributed by atoms with van der Waals surface area (Å²) in [6.07, 6.45) is 0. The van der Waals surface area contributed by atoms with Crippen molar-refractivity contribution in [3.8, 4) is 6.07 Å². The van der Waals surface area contributed by atoms with Crippen molar-refractivity contribution in [1.29, 1.82) is 5.26 Å². The predicted molar refractivity (Wildman–Crippen MR) is 79.8 cm³/mol. The zero-order chi connectivity index (χ0) is 14.7. The molecular formula is C14H10BrFN2OS. The SMILES string of the molecule is N#Cc1ccc(F)cc1CS(=O)c1ccc(Br)cc1N. The molecule has 3 nitrogen and oxygen atoms in total. The van der Waals surface area contributed by atoms with Crippen molar-refractivity contribution >= 4 is 32.4 Å². The van der Waals surface area contributed by atoms with Gasteiger partial charge in [0, 0.05) is 10.2 Å². The van der Waals surface area contributed by atoms with Gasteiger partial charge >= 0.3 is 0 Å². The van der Waals surface area contributed by atoms with Crippen LogP contribution in [-0.2, 0) is 16.6 Å². The molecule has 20 heavy (non-hydrogen) atoms. The highest BCUT2D eigenvalue weighted by Gasteiger charge is 2.12. The molecule has 0 saturated heterocycles. The van der Waals surface area contributed by atoms with Gasteiger partial charge in [0.05, 0.1) is 33.1 Å². The molecular weight excluding hydrogens is 343 g/mol. The summed E-state index contributed by atoms with van der Waals surface area (Å²) in [5.74, 6) is -0.410. The van der Waals surface area contributed by atoms with Crippen molar-refractivity contribution in [2.24, 2.45) is 0 Å². The van der Waals surface area contributed by atoms with E-state index in [2.05, 4.69) is 15.9 Å². The molecule has 6 heteroatoms. The maximum atomic E-state index is 13.2. The van der Waals surface area contributed by atoms with Gasteiger partial charge in [-0.1, -0.05) is 15.9 Å². The van der Waals surface area contributed by atoms with Crippen molar-refractivity contribution in [3.05, 3.63) is 57.8 Å². The summed E-state index contributed by atoms with van der Waals surface area (Å²) >= 11 is 3.27. The summed E-state index contributed by atoms with van der Waals surface area (Å²) in [6.45, 7) is 0. The van der Waals surface area contributed by atoms with Gasteiger partial charge in [-0.25, -0.2) is 4.39 Å². The Hall–Kier alpha value is -1.71. The van der Waals surface area contributed by atoms with E-state index in [4.69, 9.17) is 11.0 Å². The number of hydrogen-bond acceptors (Lipinski definition) is 3. The fourth-order valence-electron chi connectivity index (χ4n) is 1.74. The van der Waals surface area contributed by atoms with Crippen LogP contribution in [0, 0.1) is 17.1 Å². The van der Waals surface area contributed by atoms with Crippen LogP contribution in [-0.4, -0.2) is 4.21 Å². The average molecular weight is 353 g/mol. The molecule has 0 aromatic heterocycles. The van der Waals surface area contributed by atoms with Gasteiger partial charge in [-0.3, -0.25) is 4.21 Å². The third-order valence-corrected chi connectivity index (χ3v) is 4.62. The van der Waals surface area contributed by atoms with Crippen LogP contribution in [0.1, 0.15) is 11.1 Å². The molecule has 0 fully saturated rings. The molecule has 2 N–H and O–H groups in total. The minimum absolute atomic E-state index is 0.0481. The van der Waals surface area contributed by atoms with Crippen molar-refractivity contribution in [1.82, 2.24) is 0 Å². The van der Waals surface area contributed by atoms with E-state index in [1.807, 2.05) is 6.07 Å². The molecule has 102 valence electrons. The first kappa shape index (κ1) is 14.7. The Labute approximate surface area is 126 Å². The first-order valence-electron chi connectivity index (χ1n) is 5.63. The number of anilines is 1. The Morgan fingerprint density at radius 1 is 1.30 bits per heavy atom. The lowest BCUT2D eigenvalue weighted by Gasteiger charge is -2.08. The highest BCUT2D eigenvalue weighted by molar-refractivity contribution is 9.10. The Morgan fingerprint density at radius 2 is 2.05 bits per heavy atom. The van der Waals surface area contributed by atoms with Crippen molar-refractivity contribution < 1.29 is 8.60 Å². The summed E-state index contributed by atoms with van der Waals surface area (Å²) in [7, 11) is -1.44. The Bertz CT molecular complexity index is 728. The van der Waals surface area contributed by atoms with Crippen LogP contribution in [0.4, 0.5) is 10.1 Å². The molecule has 0 heterocycles. The molecule has 0 radical (unpaired) electrons. The van der Waals surface area contributed by atoms with E-state index in [0.717, 1.165) is 4.47 Å². The van der Waals surface area contributed by atoms with E-state index >= 15 is 0 Å². The third-order valence-electron chi connectivity index (χ3n) is 2.69. The Kier molecular flexibility index (Phi) is 4.53. The zero-order valence-corrected chi connectivity index (χ0v) is 12.7. The zero-order valence-electron chi connectivity index (χ0n) is 10.3. The molecule has 2 aromatic carbocycles. The van der Waals surface area contributed by atoms with E-state index < -0.39 is 16.6 Å². The molecule has 2 rings (SSSR count). The number of nitrogens with zero attached hydrogens (tertiary/aromatic N) is 1. The maximum Gasteiger partial charge on any atom is 0.123 e. The molecule has 0 aliphatic heterocycles. The van der Waals surface area contributed by atoms with Gasteiger partial charge in [0.1, 0.15) is 5.82 Å². The summed E-state index contributed by atoms with van der Waals surface area (Å²) in [4.78, 5) is 0.473. The molecule has 0 saturated carbocycles. The largest absolute Gasteiger partial charge is 0.398 e. The number of nitrogen functional groups attached to an aromatic ring is 1. The molecule has 0 aliphatic carbocycles. The number of nitrogens with two attached hydrogens (primary N) is 1. The molecule has 0 aliphatic rings. The van der Waals surface area contributed by atoms with Crippen LogP contribution in [0.2, 0.25) is 0 Å². The first-order valence-corrected chi connectivity index (χ1v) is 7.74. The number of nitriles is 1. The summed E-state index contributed by atoms with van der Waals surface area (Å²) < 4.78 is 26.3. The van der Waals surface area contributed by atoms with Crippen molar-refractivity contribution in [2.45, 2.75) is 10.6 Å². The lowest BCUT2D eigenvalue weighted by Crippen LogP contribution is -2.03. The molecule has 2 aromatic rings. The Balaban J connectivity index is 2.33. The minimum atomic E-state index is -1.44. The van der Waals surface area contributed by atoms with Gasteiger partial charge in [-0.15, -0.1) is 0 Å². The van der Waals surface area contributed by atoms with E-state index in [-0.39, 0.29) is 5.75 Å². The van der Waals surface area contributed by atoms with Crippen molar-refractivity contribution in [2.75, 3.05) is 5.73 Å². The second-order valence-corrected chi connectivity index (χ2v) is 6.42. The van der Waals surface area contributed by atoms with Gasteiger partial charge in [-0.05, 0) is 42.0 Å². The van der Waals surface area contributed by atoms with Gasteiger partial charge in [0.25, 0.3) is 0 Å². The van der Waals surface area contributed by atoms with Crippen LogP contribution in [0.25, 0.3) is 0 Å². The van der Waals surface area contributed by atoms with Crippen LogP contribution in [0.5, 0.6) is 0 Å². The average Bonchev–Trinajstić information content (AvgIpc) is 2.38. The summed E-state index contributed by atoms with van der Waals surface area (Å²) in [6, 6.07) is 10.8. The molecule has 1 unspecified atom stereocenters. The standard InChI is InChI=1S/C14H10BrFN2OS/c15-11-2-4-14(13(18)6-11)20(19)8-10-5-12(16)3-1-9(10)7-17/h1-6H,8,18H2. The molecule has 0 amide bonds. The van der Waals surface area contributed by atoms with E-state index in [1.165, 1.54) is 18.2 Å². The predicted octanol–water partition coefficient (Wildman–Crippen LogP) is 3.35. The van der Waals surface area contributed by atoms with Crippen LogP contribution >= 0.6 is 15.9 Å². The number of benzene rings is 2. The van der Waals surface area contributed by atoms with Gasteiger partial charge in [0.15, 0.2) is 0 Å². The van der Waals surface area contributed by atoms with E-state index in [1.54, 1.807) is 18.2 Å². The highest BCUT2D eigenvalue weighted by atomic mass is 79.9. The lowest BCUT2D eigenvalue weighted by molar-refractivity contribution is 0.626. The second-order valence-electron chi connectivity index (χ2n) is 4.09. The second kappa shape index (κ2) is 6.16. The quantitative estimate of drug-likeness (QED) is 0.861. The van der Waals surface area contributed by atoms with Crippen LogP contribution in [0.15, 0.2) is 45.8 Å². The maximum absolute atomic E-state index is 13.2. The van der Waals surface area contributed by atoms with E-state index in [9.17, 15) is 8.60 Å². The van der Waals surface area contributed by atoms with E-state index in [0.29, 0.717) is 21.7 Å². The Morgan fingerprint density at radius 3 is 2.70 bits per heavy atom. The van der Waals surface area contributed by atoms with Crippen LogP contribution in [0.3, 0.4) is 0 Å². The highest BCUT2D eigenvalue weighted by Crippen LogP contribution is 2.24. The normalized spacial score (nSPS) is 11.8. The monoisotopic (exact) mass is 352 g/mol. The summed E-state index contributed by atoms with van der Waals surface area (Å²) in [5, 5.41) is 8.98. The fourth-order valence-corrected chi connectivity index (χ4v) is 3.33. The molecule has 1 atom stereocenters. The number of halogens is 2. The number of rotatable bonds is 3. The lowest BCUT2D eigenvalue weighted by atomic mass is 10.1.